The molecule has 2 rings (SSSR count). The maximum atomic E-state index is 13.7. The molecule has 2 aromatic carbocycles. The van der Waals surface area contributed by atoms with Crippen LogP contribution >= 0.6 is 0 Å². The van der Waals surface area contributed by atoms with Crippen LogP contribution < -0.4 is 10.1 Å². The van der Waals surface area contributed by atoms with Gasteiger partial charge in [-0.1, -0.05) is 31.2 Å². The lowest BCUT2D eigenvalue weighted by molar-refractivity contribution is -0.143. The summed E-state index contributed by atoms with van der Waals surface area (Å²) in [6.45, 7) is 3.70. The van der Waals surface area contributed by atoms with Gasteiger partial charge in [-0.25, -0.2) is 8.78 Å². The van der Waals surface area contributed by atoms with Gasteiger partial charge in [0.05, 0.1) is 0 Å². The zero-order chi connectivity index (χ0) is 20.5. The summed E-state index contributed by atoms with van der Waals surface area (Å²) < 4.78 is 32.2. The van der Waals surface area contributed by atoms with Crippen LogP contribution in [0.15, 0.2) is 48.5 Å². The molecule has 1 unspecified atom stereocenters. The number of ether oxygens (including phenoxy) is 1. The molecular formula is C21H24F2N2O3. The van der Waals surface area contributed by atoms with Gasteiger partial charge in [0.2, 0.25) is 5.91 Å². The van der Waals surface area contributed by atoms with Gasteiger partial charge in [0, 0.05) is 13.1 Å². The molecule has 1 N–H and O–H groups in total. The van der Waals surface area contributed by atoms with Crippen molar-refractivity contribution in [2.75, 3.05) is 13.2 Å². The smallest absolute Gasteiger partial charge is 0.261 e. The minimum absolute atomic E-state index is 0.0383. The Morgan fingerprint density at radius 3 is 2.36 bits per heavy atom. The molecule has 0 saturated carbocycles. The van der Waals surface area contributed by atoms with E-state index in [0.29, 0.717) is 18.5 Å². The van der Waals surface area contributed by atoms with Crippen molar-refractivity contribution < 1.29 is 23.1 Å². The Morgan fingerprint density at radius 1 is 1.07 bits per heavy atom. The van der Waals surface area contributed by atoms with Gasteiger partial charge in [0.1, 0.15) is 11.9 Å². The zero-order valence-electron chi connectivity index (χ0n) is 16.0. The number of benzene rings is 2. The van der Waals surface area contributed by atoms with Crippen LogP contribution in [0, 0.1) is 11.6 Å². The predicted molar refractivity (Wildman–Crippen MR) is 102 cm³/mol. The van der Waals surface area contributed by atoms with E-state index in [4.69, 9.17) is 4.74 Å². The van der Waals surface area contributed by atoms with Crippen molar-refractivity contribution in [2.24, 2.45) is 0 Å². The van der Waals surface area contributed by atoms with Crippen LogP contribution in [0.4, 0.5) is 8.78 Å². The van der Waals surface area contributed by atoms with Gasteiger partial charge in [-0.2, -0.15) is 0 Å². The van der Waals surface area contributed by atoms with Gasteiger partial charge in [0.15, 0.2) is 18.2 Å². The molecule has 0 heterocycles. The number of amides is 2. The summed E-state index contributed by atoms with van der Waals surface area (Å²) in [4.78, 5) is 26.6. The monoisotopic (exact) mass is 390 g/mol. The van der Waals surface area contributed by atoms with E-state index in [1.807, 2.05) is 0 Å². The Hall–Kier alpha value is -2.96. The highest BCUT2D eigenvalue weighted by Crippen LogP contribution is 2.17. The second kappa shape index (κ2) is 10.4. The minimum atomic E-state index is -0.721. The molecule has 0 aromatic heterocycles. The number of rotatable bonds is 9. The second-order valence-electron chi connectivity index (χ2n) is 6.19. The van der Waals surface area contributed by atoms with Crippen LogP contribution in [-0.2, 0) is 16.1 Å². The van der Waals surface area contributed by atoms with E-state index >= 15 is 0 Å². The number of hydrogen-bond donors (Lipinski definition) is 1. The lowest BCUT2D eigenvalue weighted by Gasteiger charge is -2.30. The number of para-hydroxylation sites is 1. The van der Waals surface area contributed by atoms with Crippen molar-refractivity contribution in [3.63, 3.8) is 0 Å². The summed E-state index contributed by atoms with van der Waals surface area (Å²) in [6.07, 6.45) is 0.387. The van der Waals surface area contributed by atoms with Gasteiger partial charge in [-0.3, -0.25) is 9.59 Å². The third-order valence-corrected chi connectivity index (χ3v) is 4.19. The fraction of sp³-hybridized carbons (Fsp3) is 0.333. The first-order valence-electron chi connectivity index (χ1n) is 9.15. The van der Waals surface area contributed by atoms with Gasteiger partial charge in [-0.05, 0) is 43.2 Å². The first-order chi connectivity index (χ1) is 13.5. The Balaban J connectivity index is 2.19. The summed E-state index contributed by atoms with van der Waals surface area (Å²) >= 11 is 0. The maximum Gasteiger partial charge on any atom is 0.261 e. The van der Waals surface area contributed by atoms with Crippen LogP contribution in [0.1, 0.15) is 25.8 Å². The van der Waals surface area contributed by atoms with Crippen molar-refractivity contribution >= 4 is 11.8 Å². The van der Waals surface area contributed by atoms with Crippen molar-refractivity contribution in [3.8, 4) is 5.75 Å². The van der Waals surface area contributed by atoms with Gasteiger partial charge < -0.3 is 15.0 Å². The largest absolute Gasteiger partial charge is 0.481 e. The third kappa shape index (κ3) is 5.77. The van der Waals surface area contributed by atoms with Crippen LogP contribution in [0.3, 0.4) is 0 Å². The molecule has 2 aromatic rings. The molecule has 0 aliphatic carbocycles. The first kappa shape index (κ1) is 21.3. The van der Waals surface area contributed by atoms with E-state index in [2.05, 4.69) is 5.32 Å². The van der Waals surface area contributed by atoms with Crippen molar-refractivity contribution in [3.05, 3.63) is 65.7 Å². The average Bonchev–Trinajstić information content (AvgIpc) is 2.68. The number of likely N-dealkylation sites (N-methyl/N-ethyl adjacent to an activating group) is 1. The van der Waals surface area contributed by atoms with E-state index in [0.717, 1.165) is 0 Å². The molecule has 2 amide bonds. The fourth-order valence-corrected chi connectivity index (χ4v) is 2.78. The van der Waals surface area contributed by atoms with Crippen LogP contribution in [0.2, 0.25) is 0 Å². The molecular weight excluding hydrogens is 366 g/mol. The normalized spacial score (nSPS) is 11.6. The quantitative estimate of drug-likeness (QED) is 0.715. The summed E-state index contributed by atoms with van der Waals surface area (Å²) in [5, 5.41) is 2.72. The second-order valence-corrected chi connectivity index (χ2v) is 6.19. The molecule has 0 saturated heterocycles. The number of carbonyl (C=O) groups is 2. The Kier molecular flexibility index (Phi) is 7.92. The van der Waals surface area contributed by atoms with Crippen LogP contribution in [-0.4, -0.2) is 35.9 Å². The number of halogens is 2. The van der Waals surface area contributed by atoms with Gasteiger partial charge in [0.25, 0.3) is 5.91 Å². The fourth-order valence-electron chi connectivity index (χ4n) is 2.78. The molecule has 150 valence electrons. The summed E-state index contributed by atoms with van der Waals surface area (Å²) in [5.74, 6) is -1.75. The topological polar surface area (TPSA) is 58.6 Å². The van der Waals surface area contributed by atoms with Crippen molar-refractivity contribution in [1.29, 1.82) is 0 Å². The molecule has 7 heteroatoms. The van der Waals surface area contributed by atoms with Crippen LogP contribution in [0.5, 0.6) is 5.75 Å². The molecule has 0 spiro atoms. The number of hydrogen-bond acceptors (Lipinski definition) is 3. The lowest BCUT2D eigenvalue weighted by atomic mass is 10.1. The Morgan fingerprint density at radius 2 is 1.75 bits per heavy atom. The Bertz CT molecular complexity index is 796. The molecule has 0 radical (unpaired) electrons. The molecule has 0 bridgehead atoms. The lowest BCUT2D eigenvalue weighted by Crippen LogP contribution is -2.50. The zero-order valence-corrected chi connectivity index (χ0v) is 16.0. The first-order valence-corrected chi connectivity index (χ1v) is 9.15. The van der Waals surface area contributed by atoms with Gasteiger partial charge in [-0.15, -0.1) is 0 Å². The molecule has 0 fully saturated rings. The molecule has 1 atom stereocenters. The van der Waals surface area contributed by atoms with Gasteiger partial charge >= 0.3 is 0 Å². The van der Waals surface area contributed by atoms with E-state index in [1.54, 1.807) is 32.0 Å². The Labute approximate surface area is 163 Å². The van der Waals surface area contributed by atoms with E-state index in [9.17, 15) is 18.4 Å². The standard InChI is InChI=1S/C21H24F2N2O3/c1-3-18(21(27)24-4-2)25(13-15-9-11-16(22)12-10-15)20(26)14-28-19-8-6-5-7-17(19)23/h5-12,18H,3-4,13-14H2,1-2H3,(H,24,27). The minimum Gasteiger partial charge on any atom is -0.481 e. The highest BCUT2D eigenvalue weighted by molar-refractivity contribution is 5.88. The predicted octanol–water partition coefficient (Wildman–Crippen LogP) is 3.29. The molecule has 0 aliphatic rings. The average molecular weight is 390 g/mol. The third-order valence-electron chi connectivity index (χ3n) is 4.19. The SMILES string of the molecule is CCNC(=O)C(CC)N(Cc1ccc(F)cc1)C(=O)COc1ccccc1F. The highest BCUT2D eigenvalue weighted by Gasteiger charge is 2.28. The number of carbonyl (C=O) groups excluding carboxylic acids is 2. The molecule has 28 heavy (non-hydrogen) atoms. The van der Waals surface area contributed by atoms with E-state index in [1.165, 1.54) is 35.2 Å². The van der Waals surface area contributed by atoms with Crippen molar-refractivity contribution in [2.45, 2.75) is 32.9 Å². The van der Waals surface area contributed by atoms with E-state index < -0.39 is 24.4 Å². The van der Waals surface area contributed by atoms with Crippen molar-refractivity contribution in [1.82, 2.24) is 10.2 Å². The molecule has 5 nitrogen and oxygen atoms in total. The van der Waals surface area contributed by atoms with E-state index in [-0.39, 0.29) is 24.0 Å². The number of nitrogens with zero attached hydrogens (tertiary/aromatic N) is 1. The summed E-state index contributed by atoms with van der Waals surface area (Å²) in [6, 6.07) is 10.8. The summed E-state index contributed by atoms with van der Waals surface area (Å²) in [7, 11) is 0. The highest BCUT2D eigenvalue weighted by atomic mass is 19.1. The van der Waals surface area contributed by atoms with Crippen LogP contribution in [0.25, 0.3) is 0 Å². The number of nitrogens with one attached hydrogen (secondary N) is 1. The molecule has 0 aliphatic heterocycles. The summed E-state index contributed by atoms with van der Waals surface area (Å²) in [5.41, 5.74) is 0.670. The maximum absolute atomic E-state index is 13.7.